The summed E-state index contributed by atoms with van der Waals surface area (Å²) in [5.74, 6) is -0.813. The number of rotatable bonds is 7. The summed E-state index contributed by atoms with van der Waals surface area (Å²) in [5, 5.41) is 36.3. The number of hydrogen-bond donors (Lipinski definition) is 5. The SMILES string of the molecule is CCC[C@H]1CN(C)CCc2c([nH]c3ccccc23)[C@@](C(=O)OC)(c2cc3c(cc2OC)N(C)C2[C@]34CCN3CC=C[C@](CC)(C34)[C@@H](O)[C@]2(O)C(=O)NO)C1. The summed E-state index contributed by atoms with van der Waals surface area (Å²) in [5.41, 5.74) is 1.20. The van der Waals surface area contributed by atoms with Gasteiger partial charge in [0.1, 0.15) is 17.3 Å². The van der Waals surface area contributed by atoms with Crippen LogP contribution in [0.5, 0.6) is 5.75 Å². The van der Waals surface area contributed by atoms with Crippen molar-refractivity contribution in [2.24, 2.45) is 11.3 Å². The van der Waals surface area contributed by atoms with Crippen LogP contribution < -0.4 is 15.1 Å². The summed E-state index contributed by atoms with van der Waals surface area (Å²) >= 11 is 0. The number of esters is 1. The van der Waals surface area contributed by atoms with Crippen LogP contribution in [0.1, 0.15) is 68.3 Å². The van der Waals surface area contributed by atoms with Crippen molar-refractivity contribution in [3.05, 3.63) is 70.9 Å². The average molecular weight is 742 g/mol. The topological polar surface area (TPSA) is 151 Å². The third-order valence-electron chi connectivity index (χ3n) is 14.3. The summed E-state index contributed by atoms with van der Waals surface area (Å²) in [7, 11) is 7.05. The number of nitrogens with one attached hydrogen (secondary N) is 2. The maximum Gasteiger partial charge on any atom is 0.322 e. The predicted molar refractivity (Wildman–Crippen MR) is 205 cm³/mol. The number of likely N-dealkylation sites (N-methyl/N-ethyl adjacent to an activating group) is 2. The van der Waals surface area contributed by atoms with Crippen LogP contribution in [-0.4, -0.2) is 120 Å². The van der Waals surface area contributed by atoms with Gasteiger partial charge in [-0.2, -0.15) is 0 Å². The molecule has 5 aliphatic rings. The molecule has 0 radical (unpaired) electrons. The number of aliphatic hydroxyl groups is 2. The summed E-state index contributed by atoms with van der Waals surface area (Å²) in [6.45, 7) is 7.12. The molecule has 1 aliphatic carbocycles. The van der Waals surface area contributed by atoms with E-state index in [0.29, 0.717) is 43.7 Å². The van der Waals surface area contributed by atoms with Gasteiger partial charge in [0.2, 0.25) is 0 Å². The molecule has 12 nitrogen and oxygen atoms in total. The van der Waals surface area contributed by atoms with Crippen LogP contribution in [0.25, 0.3) is 10.9 Å². The molecule has 5 heterocycles. The third kappa shape index (κ3) is 4.60. The number of ether oxygens (including phenoxy) is 2. The Balaban J connectivity index is 1.47. The number of nitrogens with zero attached hydrogens (tertiary/aromatic N) is 3. The number of H-pyrrole nitrogens is 1. The van der Waals surface area contributed by atoms with E-state index in [9.17, 15) is 20.2 Å². The normalized spacial score (nSPS) is 34.6. The highest BCUT2D eigenvalue weighted by Gasteiger charge is 2.78. The van der Waals surface area contributed by atoms with Gasteiger partial charge in [0, 0.05) is 77.5 Å². The molecule has 2 fully saturated rings. The van der Waals surface area contributed by atoms with Crippen LogP contribution >= 0.6 is 0 Å². The molecule has 12 heteroatoms. The van der Waals surface area contributed by atoms with Crippen molar-refractivity contribution >= 4 is 28.5 Å². The van der Waals surface area contributed by atoms with Crippen molar-refractivity contribution in [2.45, 2.75) is 87.0 Å². The number of hydroxylamine groups is 1. The molecule has 1 saturated carbocycles. The lowest BCUT2D eigenvalue weighted by Crippen LogP contribution is -2.81. The number of benzene rings is 2. The summed E-state index contributed by atoms with van der Waals surface area (Å²) in [4.78, 5) is 39.4. The van der Waals surface area contributed by atoms with E-state index in [4.69, 9.17) is 9.47 Å². The fraction of sp³-hybridized carbons (Fsp3) is 0.571. The second-order valence-electron chi connectivity index (χ2n) is 16.6. The minimum atomic E-state index is -2.40. The largest absolute Gasteiger partial charge is 0.496 e. The Labute approximate surface area is 317 Å². The molecule has 8 atom stereocenters. The molecule has 3 aromatic rings. The van der Waals surface area contributed by atoms with E-state index >= 15 is 4.79 Å². The highest BCUT2D eigenvalue weighted by molar-refractivity contribution is 5.95. The quantitative estimate of drug-likeness (QED) is 0.105. The number of amides is 1. The van der Waals surface area contributed by atoms with E-state index in [0.717, 1.165) is 65.8 Å². The molecule has 0 bridgehead atoms. The van der Waals surface area contributed by atoms with Crippen molar-refractivity contribution in [3.8, 4) is 5.75 Å². The zero-order chi connectivity index (χ0) is 38.4. The summed E-state index contributed by atoms with van der Waals surface area (Å²) < 4.78 is 12.2. The number of hydrogen-bond acceptors (Lipinski definition) is 10. The monoisotopic (exact) mass is 741 g/mol. The molecule has 290 valence electrons. The number of para-hydroxylation sites is 1. The van der Waals surface area contributed by atoms with Crippen LogP contribution in [0, 0.1) is 11.3 Å². The fourth-order valence-corrected chi connectivity index (χ4v) is 12.3. The number of fused-ring (bicyclic) bond motifs is 4. The van der Waals surface area contributed by atoms with Gasteiger partial charge >= 0.3 is 5.97 Å². The Bertz CT molecular complexity index is 2020. The second kappa shape index (κ2) is 13.1. The molecule has 1 saturated heterocycles. The lowest BCUT2D eigenvalue weighted by atomic mass is 9.47. The molecule has 4 aliphatic heterocycles. The Hall–Kier alpha value is -3.94. The van der Waals surface area contributed by atoms with Crippen LogP contribution in [-0.2, 0) is 31.6 Å². The number of aromatic amines is 1. The molecule has 2 unspecified atom stereocenters. The Morgan fingerprint density at radius 3 is 2.56 bits per heavy atom. The average Bonchev–Trinajstić information content (AvgIpc) is 3.84. The van der Waals surface area contributed by atoms with Gasteiger partial charge in [0.05, 0.1) is 20.3 Å². The number of aliphatic hydroxyl groups excluding tert-OH is 1. The first-order valence-electron chi connectivity index (χ1n) is 19.5. The maximum atomic E-state index is 15.1. The molecule has 8 rings (SSSR count). The first-order chi connectivity index (χ1) is 25.9. The molecule has 1 spiro atoms. The van der Waals surface area contributed by atoms with Gasteiger partial charge in [0.25, 0.3) is 5.91 Å². The van der Waals surface area contributed by atoms with E-state index in [1.54, 1.807) is 12.6 Å². The highest BCUT2D eigenvalue weighted by atomic mass is 16.5. The Morgan fingerprint density at radius 2 is 1.85 bits per heavy atom. The summed E-state index contributed by atoms with van der Waals surface area (Å²) in [6.07, 6.45) is 6.54. The standard InChI is InChI=1S/C42H55N5O7/c1-7-12-25-23-41(38(50)54-6,33-27(15-19-45(3)24-25)26-13-9-10-14-30(26)43-33)29-21-28-31(22-32(29)53-5)46(4)35-40(28)17-20-47-18-11-16-39(8-2,34(40)47)36(48)42(35,51)37(49)44-52/h9-11,13-14,16,21-22,25,34-36,43,48,51-52H,7-8,12,15,17-20,23-24H2,1-6H3,(H,44,49)/t25-,34?,35?,36-,39-,40-,41+,42+/m1/s1. The molecule has 1 amide bonds. The van der Waals surface area contributed by atoms with Gasteiger partial charge in [-0.25, -0.2) is 5.48 Å². The van der Waals surface area contributed by atoms with E-state index in [2.05, 4.69) is 47.0 Å². The van der Waals surface area contributed by atoms with Gasteiger partial charge in [-0.05, 0) is 74.9 Å². The van der Waals surface area contributed by atoms with Gasteiger partial charge in [0.15, 0.2) is 5.60 Å². The minimum Gasteiger partial charge on any atom is -0.496 e. The van der Waals surface area contributed by atoms with Gasteiger partial charge in [-0.1, -0.05) is 50.6 Å². The van der Waals surface area contributed by atoms with Gasteiger partial charge in [-0.15, -0.1) is 0 Å². The van der Waals surface area contributed by atoms with Crippen LogP contribution in [0.2, 0.25) is 0 Å². The van der Waals surface area contributed by atoms with Crippen molar-refractivity contribution in [3.63, 3.8) is 0 Å². The van der Waals surface area contributed by atoms with E-state index in [1.165, 1.54) is 7.11 Å². The number of carbonyl (C=O) groups excluding carboxylic acids is 2. The Morgan fingerprint density at radius 1 is 1.07 bits per heavy atom. The third-order valence-corrected chi connectivity index (χ3v) is 14.3. The van der Waals surface area contributed by atoms with Gasteiger partial charge in [-0.3, -0.25) is 19.7 Å². The number of anilines is 1. The number of carbonyl (C=O) groups is 2. The molecular weight excluding hydrogens is 686 g/mol. The number of aromatic nitrogens is 1. The van der Waals surface area contributed by atoms with E-state index < -0.39 is 39.9 Å². The lowest BCUT2D eigenvalue weighted by Gasteiger charge is -2.63. The van der Waals surface area contributed by atoms with Crippen molar-refractivity contribution in [1.29, 1.82) is 0 Å². The van der Waals surface area contributed by atoms with Crippen molar-refractivity contribution in [1.82, 2.24) is 20.3 Å². The van der Waals surface area contributed by atoms with Crippen LogP contribution in [0.15, 0.2) is 48.6 Å². The molecule has 54 heavy (non-hydrogen) atoms. The van der Waals surface area contributed by atoms with Crippen LogP contribution in [0.3, 0.4) is 0 Å². The van der Waals surface area contributed by atoms with E-state index in [-0.39, 0.29) is 17.9 Å². The molecule has 2 aromatic carbocycles. The summed E-state index contributed by atoms with van der Waals surface area (Å²) in [6, 6.07) is 11.0. The fourth-order valence-electron chi connectivity index (χ4n) is 12.3. The van der Waals surface area contributed by atoms with Crippen molar-refractivity contribution in [2.75, 3.05) is 59.4 Å². The molecule has 5 N–H and O–H groups in total. The second-order valence-corrected chi connectivity index (χ2v) is 16.6. The highest BCUT2D eigenvalue weighted by Crippen LogP contribution is 2.67. The van der Waals surface area contributed by atoms with Gasteiger partial charge < -0.3 is 34.5 Å². The number of methoxy groups -OCH3 is 2. The first kappa shape index (κ1) is 37.0. The lowest BCUT2D eigenvalue weighted by molar-refractivity contribution is -0.208. The smallest absolute Gasteiger partial charge is 0.322 e. The molecule has 1 aromatic heterocycles. The molecular formula is C42H55N5O7. The predicted octanol–water partition coefficient (Wildman–Crippen LogP) is 3.64. The zero-order valence-electron chi connectivity index (χ0n) is 32.3. The Kier molecular flexibility index (Phi) is 8.97. The van der Waals surface area contributed by atoms with E-state index in [1.807, 2.05) is 49.2 Å². The first-order valence-corrected chi connectivity index (χ1v) is 19.5. The minimum absolute atomic E-state index is 0.129. The van der Waals surface area contributed by atoms with Crippen molar-refractivity contribution < 1.29 is 34.5 Å². The van der Waals surface area contributed by atoms with Crippen LogP contribution in [0.4, 0.5) is 5.69 Å². The zero-order valence-corrected chi connectivity index (χ0v) is 32.3. The maximum absolute atomic E-state index is 15.1.